The Morgan fingerprint density at radius 1 is 1.24 bits per heavy atom. The molecule has 8 heteroatoms. The molecule has 0 saturated heterocycles. The van der Waals surface area contributed by atoms with E-state index in [9.17, 15) is 19.3 Å². The van der Waals surface area contributed by atoms with E-state index >= 15 is 0 Å². The van der Waals surface area contributed by atoms with Gasteiger partial charge >= 0.3 is 0 Å². The fraction of sp³-hybridized carbons (Fsp3) is 0.143. The first kappa shape index (κ1) is 18.5. The third kappa shape index (κ3) is 3.91. The Labute approximate surface area is 165 Å². The first-order chi connectivity index (χ1) is 14.0. The highest BCUT2D eigenvalue weighted by atomic mass is 19.1. The van der Waals surface area contributed by atoms with Crippen LogP contribution in [0.15, 0.2) is 59.1 Å². The van der Waals surface area contributed by atoms with Gasteiger partial charge in [-0.15, -0.1) is 0 Å². The van der Waals surface area contributed by atoms with E-state index in [1.165, 1.54) is 30.3 Å². The number of non-ortho nitro benzene ring substituents is 1. The molecule has 0 spiro atoms. The molecule has 0 fully saturated rings. The Bertz CT molecular complexity index is 1110. The lowest BCUT2D eigenvalue weighted by Gasteiger charge is -2.25. The van der Waals surface area contributed by atoms with Crippen molar-refractivity contribution in [3.05, 3.63) is 87.4 Å². The van der Waals surface area contributed by atoms with Crippen LogP contribution in [0.2, 0.25) is 0 Å². The molecule has 0 aliphatic carbocycles. The van der Waals surface area contributed by atoms with E-state index in [1.807, 2.05) is 0 Å². The first-order valence-electron chi connectivity index (χ1n) is 8.96. The third-order valence-electron chi connectivity index (χ3n) is 4.75. The molecule has 2 heterocycles. The molecule has 0 radical (unpaired) electrons. The van der Waals surface area contributed by atoms with Crippen LogP contribution in [0.3, 0.4) is 0 Å². The molecule has 0 unspecified atom stereocenters. The Morgan fingerprint density at radius 2 is 2.03 bits per heavy atom. The second kappa shape index (κ2) is 7.67. The predicted octanol–water partition coefficient (Wildman–Crippen LogP) is 3.99. The van der Waals surface area contributed by atoms with Gasteiger partial charge in [0.1, 0.15) is 5.82 Å². The van der Waals surface area contributed by atoms with Crippen molar-refractivity contribution in [1.29, 1.82) is 0 Å². The second-order valence-corrected chi connectivity index (χ2v) is 6.64. The minimum absolute atomic E-state index is 0.0318. The van der Waals surface area contributed by atoms with E-state index < -0.39 is 4.92 Å². The summed E-state index contributed by atoms with van der Waals surface area (Å²) in [6.45, 7) is 0.810. The monoisotopic (exact) mass is 393 g/mol. The molecule has 29 heavy (non-hydrogen) atoms. The van der Waals surface area contributed by atoms with Crippen molar-refractivity contribution in [3.63, 3.8) is 0 Å². The van der Waals surface area contributed by atoms with Crippen LogP contribution in [0.1, 0.15) is 16.8 Å². The lowest BCUT2D eigenvalue weighted by Crippen LogP contribution is -2.34. The van der Waals surface area contributed by atoms with E-state index in [1.54, 1.807) is 35.2 Å². The van der Waals surface area contributed by atoms with Crippen molar-refractivity contribution >= 4 is 17.7 Å². The maximum Gasteiger partial charge on any atom is 0.270 e. The topological polar surface area (TPSA) is 89.5 Å². The van der Waals surface area contributed by atoms with Gasteiger partial charge in [-0.25, -0.2) is 4.39 Å². The predicted molar refractivity (Wildman–Crippen MR) is 103 cm³/mol. The lowest BCUT2D eigenvalue weighted by atomic mass is 10.0. The molecule has 1 aliphatic heterocycles. The Morgan fingerprint density at radius 3 is 2.79 bits per heavy atom. The highest BCUT2D eigenvalue weighted by Crippen LogP contribution is 2.30. The van der Waals surface area contributed by atoms with Gasteiger partial charge in [-0.1, -0.05) is 17.3 Å². The Kier molecular flexibility index (Phi) is 4.90. The number of aromatic nitrogens is 1. The highest BCUT2D eigenvalue weighted by molar-refractivity contribution is 5.92. The van der Waals surface area contributed by atoms with Gasteiger partial charge in [-0.3, -0.25) is 14.9 Å². The van der Waals surface area contributed by atoms with Crippen LogP contribution in [0.4, 0.5) is 10.1 Å². The smallest absolute Gasteiger partial charge is 0.270 e. The summed E-state index contributed by atoms with van der Waals surface area (Å²) in [4.78, 5) is 24.7. The van der Waals surface area contributed by atoms with Gasteiger partial charge in [0.15, 0.2) is 5.76 Å². The molecule has 7 nitrogen and oxygen atoms in total. The number of fused-ring (bicyclic) bond motifs is 1. The molecule has 3 aromatic rings. The molecule has 2 aromatic carbocycles. The van der Waals surface area contributed by atoms with Crippen molar-refractivity contribution in [2.45, 2.75) is 13.0 Å². The molecule has 0 N–H and O–H groups in total. The summed E-state index contributed by atoms with van der Waals surface area (Å²) in [5.41, 5.74) is 2.83. The zero-order valence-electron chi connectivity index (χ0n) is 15.2. The quantitative estimate of drug-likeness (QED) is 0.380. The number of benzene rings is 2. The summed E-state index contributed by atoms with van der Waals surface area (Å²) in [6.07, 6.45) is 3.50. The van der Waals surface area contributed by atoms with Crippen LogP contribution >= 0.6 is 0 Å². The van der Waals surface area contributed by atoms with E-state index in [2.05, 4.69) is 5.16 Å². The number of hydrogen-bond acceptors (Lipinski definition) is 5. The molecular weight excluding hydrogens is 377 g/mol. The normalized spacial score (nSPS) is 13.5. The van der Waals surface area contributed by atoms with E-state index in [0.717, 1.165) is 11.3 Å². The average Bonchev–Trinajstić information content (AvgIpc) is 3.16. The third-order valence-corrected chi connectivity index (χ3v) is 4.75. The summed E-state index contributed by atoms with van der Waals surface area (Å²) in [5, 5.41) is 14.9. The number of rotatable bonds is 4. The van der Waals surface area contributed by atoms with Crippen molar-refractivity contribution in [3.8, 4) is 11.3 Å². The Hall–Kier alpha value is -3.81. The number of carbonyl (C=O) groups excluding carboxylic acids is 1. The van der Waals surface area contributed by atoms with E-state index in [4.69, 9.17) is 4.52 Å². The van der Waals surface area contributed by atoms with Crippen LogP contribution in [0.25, 0.3) is 17.4 Å². The van der Waals surface area contributed by atoms with Crippen molar-refractivity contribution in [2.75, 3.05) is 6.54 Å². The highest BCUT2D eigenvalue weighted by Gasteiger charge is 2.26. The number of nitro groups is 1. The summed E-state index contributed by atoms with van der Waals surface area (Å²) < 4.78 is 18.6. The van der Waals surface area contributed by atoms with E-state index in [-0.39, 0.29) is 17.4 Å². The van der Waals surface area contributed by atoms with Crippen LogP contribution in [-0.4, -0.2) is 27.4 Å². The minimum Gasteiger partial charge on any atom is -0.356 e. The number of amides is 1. The van der Waals surface area contributed by atoms with Crippen molar-refractivity contribution < 1.29 is 18.6 Å². The minimum atomic E-state index is -0.478. The van der Waals surface area contributed by atoms with Gasteiger partial charge in [0.25, 0.3) is 5.69 Å². The standard InChI is InChI=1S/C21H16FN3O4/c22-16-7-5-15(6-8-16)21-18-13-24(11-10-19(18)23-29-21)20(26)9-4-14-2-1-3-17(12-14)25(27)28/h1-9,12H,10-11,13H2/b9-4+. The van der Waals surface area contributed by atoms with Gasteiger partial charge in [-0.2, -0.15) is 0 Å². The number of hydrogen-bond donors (Lipinski definition) is 0. The number of halogens is 1. The maximum absolute atomic E-state index is 13.2. The van der Waals surface area contributed by atoms with Crippen LogP contribution in [0, 0.1) is 15.9 Å². The lowest BCUT2D eigenvalue weighted by molar-refractivity contribution is -0.384. The molecule has 4 rings (SSSR count). The van der Waals surface area contributed by atoms with Gasteiger partial charge in [0, 0.05) is 42.3 Å². The molecular formula is C21H16FN3O4. The zero-order valence-corrected chi connectivity index (χ0v) is 15.2. The zero-order chi connectivity index (χ0) is 20.4. The number of nitrogens with zero attached hydrogens (tertiary/aromatic N) is 3. The largest absolute Gasteiger partial charge is 0.356 e. The molecule has 1 amide bonds. The summed E-state index contributed by atoms with van der Waals surface area (Å²) in [6, 6.07) is 12.0. The average molecular weight is 393 g/mol. The fourth-order valence-electron chi connectivity index (χ4n) is 3.24. The van der Waals surface area contributed by atoms with Crippen LogP contribution in [-0.2, 0) is 17.8 Å². The van der Waals surface area contributed by atoms with Crippen molar-refractivity contribution in [2.24, 2.45) is 0 Å². The molecule has 0 saturated carbocycles. The van der Waals surface area contributed by atoms with Crippen molar-refractivity contribution in [1.82, 2.24) is 10.1 Å². The molecule has 146 valence electrons. The van der Waals surface area contributed by atoms with Gasteiger partial charge in [0.05, 0.1) is 17.2 Å². The fourth-order valence-corrected chi connectivity index (χ4v) is 3.24. The first-order valence-corrected chi connectivity index (χ1v) is 8.96. The molecule has 0 bridgehead atoms. The molecule has 0 atom stereocenters. The summed E-state index contributed by atoms with van der Waals surface area (Å²) in [5.74, 6) is -0.0289. The summed E-state index contributed by atoms with van der Waals surface area (Å²) in [7, 11) is 0. The van der Waals surface area contributed by atoms with Gasteiger partial charge in [0.2, 0.25) is 5.91 Å². The Balaban J connectivity index is 1.51. The van der Waals surface area contributed by atoms with Crippen LogP contribution < -0.4 is 0 Å². The number of carbonyl (C=O) groups is 1. The van der Waals surface area contributed by atoms with Crippen LogP contribution in [0.5, 0.6) is 0 Å². The molecule has 1 aromatic heterocycles. The second-order valence-electron chi connectivity index (χ2n) is 6.64. The van der Waals surface area contributed by atoms with E-state index in [0.29, 0.717) is 36.4 Å². The maximum atomic E-state index is 13.2. The number of nitro benzene ring substituents is 1. The SMILES string of the molecule is O=C(/C=C/c1cccc([N+](=O)[O-])c1)N1CCc2noc(-c3ccc(F)cc3)c2C1. The molecule has 1 aliphatic rings. The van der Waals surface area contributed by atoms with Gasteiger partial charge in [-0.05, 0) is 35.9 Å². The van der Waals surface area contributed by atoms with Gasteiger partial charge < -0.3 is 9.42 Å². The summed E-state index contributed by atoms with van der Waals surface area (Å²) >= 11 is 0.